The second kappa shape index (κ2) is 3.93. The highest BCUT2D eigenvalue weighted by Gasteiger charge is 2.31. The molecular formula is C13H18FN. The van der Waals surface area contributed by atoms with E-state index in [1.807, 2.05) is 12.1 Å². The molecule has 0 saturated heterocycles. The van der Waals surface area contributed by atoms with Crippen molar-refractivity contribution < 1.29 is 4.39 Å². The zero-order valence-electron chi connectivity index (χ0n) is 9.22. The Kier molecular flexibility index (Phi) is 2.79. The number of rotatable bonds is 1. The molecule has 0 spiro atoms. The number of hydrogen-bond acceptors (Lipinski definition) is 1. The molecule has 0 bridgehead atoms. The van der Waals surface area contributed by atoms with Gasteiger partial charge in [-0.1, -0.05) is 37.5 Å². The fourth-order valence-corrected chi connectivity index (χ4v) is 2.48. The van der Waals surface area contributed by atoms with Crippen LogP contribution in [0.4, 0.5) is 4.39 Å². The predicted molar refractivity (Wildman–Crippen MR) is 60.1 cm³/mol. The van der Waals surface area contributed by atoms with E-state index in [-0.39, 0.29) is 5.82 Å². The highest BCUT2D eigenvalue weighted by molar-refractivity contribution is 5.31. The molecule has 1 saturated carbocycles. The molecule has 2 rings (SSSR count). The van der Waals surface area contributed by atoms with Crippen LogP contribution in [-0.2, 0) is 5.54 Å². The van der Waals surface area contributed by atoms with Gasteiger partial charge in [-0.15, -0.1) is 0 Å². The fourth-order valence-electron chi connectivity index (χ4n) is 2.48. The highest BCUT2D eigenvalue weighted by Crippen LogP contribution is 2.36. The molecule has 15 heavy (non-hydrogen) atoms. The molecule has 0 atom stereocenters. The highest BCUT2D eigenvalue weighted by atomic mass is 19.1. The van der Waals surface area contributed by atoms with Crippen molar-refractivity contribution >= 4 is 0 Å². The van der Waals surface area contributed by atoms with Gasteiger partial charge in [-0.25, -0.2) is 4.39 Å². The Morgan fingerprint density at radius 2 is 1.87 bits per heavy atom. The summed E-state index contributed by atoms with van der Waals surface area (Å²) < 4.78 is 14.0. The standard InChI is InChI=1S/C13H18FN/c1-10-6-5-7-11(12(10)14)13(15)8-3-2-4-9-13/h5-7H,2-4,8-9,15H2,1H3. The summed E-state index contributed by atoms with van der Waals surface area (Å²) in [7, 11) is 0. The van der Waals surface area contributed by atoms with Gasteiger partial charge in [0.2, 0.25) is 0 Å². The van der Waals surface area contributed by atoms with Gasteiger partial charge in [-0.2, -0.15) is 0 Å². The van der Waals surface area contributed by atoms with Crippen molar-refractivity contribution in [2.75, 3.05) is 0 Å². The minimum Gasteiger partial charge on any atom is -0.321 e. The van der Waals surface area contributed by atoms with E-state index in [4.69, 9.17) is 5.73 Å². The average Bonchev–Trinajstić information content (AvgIpc) is 2.23. The lowest BCUT2D eigenvalue weighted by molar-refractivity contribution is 0.292. The number of halogens is 1. The molecule has 0 unspecified atom stereocenters. The van der Waals surface area contributed by atoms with E-state index in [1.54, 1.807) is 13.0 Å². The Morgan fingerprint density at radius 1 is 1.20 bits per heavy atom. The lowest BCUT2D eigenvalue weighted by atomic mass is 9.77. The molecule has 1 aliphatic carbocycles. The minimum atomic E-state index is -0.422. The van der Waals surface area contributed by atoms with Crippen LogP contribution in [0.2, 0.25) is 0 Å². The monoisotopic (exact) mass is 207 g/mol. The van der Waals surface area contributed by atoms with Crippen LogP contribution in [0.5, 0.6) is 0 Å². The van der Waals surface area contributed by atoms with Gasteiger partial charge in [0.1, 0.15) is 5.82 Å². The van der Waals surface area contributed by atoms with E-state index in [0.29, 0.717) is 11.1 Å². The molecule has 0 radical (unpaired) electrons. The quantitative estimate of drug-likeness (QED) is 0.751. The molecule has 1 aromatic rings. The Balaban J connectivity index is 2.39. The third kappa shape index (κ3) is 1.91. The van der Waals surface area contributed by atoms with Crippen LogP contribution >= 0.6 is 0 Å². The number of hydrogen-bond donors (Lipinski definition) is 1. The van der Waals surface area contributed by atoms with Gasteiger partial charge in [0.25, 0.3) is 0 Å². The summed E-state index contributed by atoms with van der Waals surface area (Å²) in [4.78, 5) is 0. The average molecular weight is 207 g/mol. The molecule has 1 fully saturated rings. The third-order valence-electron chi connectivity index (χ3n) is 3.47. The first-order valence-electron chi connectivity index (χ1n) is 5.68. The molecular weight excluding hydrogens is 189 g/mol. The first-order valence-corrected chi connectivity index (χ1v) is 5.68. The largest absolute Gasteiger partial charge is 0.321 e. The van der Waals surface area contributed by atoms with Crippen molar-refractivity contribution in [3.8, 4) is 0 Å². The fraction of sp³-hybridized carbons (Fsp3) is 0.538. The molecule has 2 N–H and O–H groups in total. The van der Waals surface area contributed by atoms with E-state index >= 15 is 0 Å². The minimum absolute atomic E-state index is 0.109. The molecule has 82 valence electrons. The van der Waals surface area contributed by atoms with Gasteiger partial charge in [-0.3, -0.25) is 0 Å². The van der Waals surface area contributed by atoms with Crippen LogP contribution in [0.1, 0.15) is 43.2 Å². The molecule has 1 aliphatic rings. The maximum atomic E-state index is 14.0. The van der Waals surface area contributed by atoms with Crippen LogP contribution in [0, 0.1) is 12.7 Å². The van der Waals surface area contributed by atoms with Gasteiger partial charge >= 0.3 is 0 Å². The molecule has 0 heterocycles. The van der Waals surface area contributed by atoms with Gasteiger partial charge in [-0.05, 0) is 25.3 Å². The van der Waals surface area contributed by atoms with E-state index in [1.165, 1.54) is 6.42 Å². The lowest BCUT2D eigenvalue weighted by Crippen LogP contribution is -2.39. The van der Waals surface area contributed by atoms with Crippen LogP contribution < -0.4 is 5.73 Å². The first kappa shape index (κ1) is 10.6. The Labute approximate surface area is 90.5 Å². The molecule has 2 heteroatoms. The van der Waals surface area contributed by atoms with Crippen LogP contribution in [-0.4, -0.2) is 0 Å². The molecule has 0 aliphatic heterocycles. The first-order chi connectivity index (χ1) is 7.13. The molecule has 0 aromatic heterocycles. The number of benzene rings is 1. The number of aryl methyl sites for hydroxylation is 1. The van der Waals surface area contributed by atoms with Crippen molar-refractivity contribution in [3.63, 3.8) is 0 Å². The maximum Gasteiger partial charge on any atom is 0.131 e. The van der Waals surface area contributed by atoms with E-state index in [0.717, 1.165) is 25.7 Å². The SMILES string of the molecule is Cc1cccc(C2(N)CCCCC2)c1F. The Morgan fingerprint density at radius 3 is 2.53 bits per heavy atom. The predicted octanol–water partition coefficient (Wildman–Crippen LogP) is 3.25. The third-order valence-corrected chi connectivity index (χ3v) is 3.47. The smallest absolute Gasteiger partial charge is 0.131 e. The Bertz CT molecular complexity index is 354. The normalized spacial score (nSPS) is 20.2. The van der Waals surface area contributed by atoms with Crippen molar-refractivity contribution in [2.45, 2.75) is 44.6 Å². The van der Waals surface area contributed by atoms with Gasteiger partial charge in [0.05, 0.1) is 0 Å². The van der Waals surface area contributed by atoms with Crippen molar-refractivity contribution in [2.24, 2.45) is 5.73 Å². The summed E-state index contributed by atoms with van der Waals surface area (Å²) in [5.41, 5.74) is 7.30. The van der Waals surface area contributed by atoms with Gasteiger partial charge < -0.3 is 5.73 Å². The van der Waals surface area contributed by atoms with Gasteiger partial charge in [0.15, 0.2) is 0 Å². The molecule has 0 amide bonds. The summed E-state index contributed by atoms with van der Waals surface area (Å²) in [5.74, 6) is -0.109. The van der Waals surface area contributed by atoms with Crippen molar-refractivity contribution in [1.29, 1.82) is 0 Å². The van der Waals surface area contributed by atoms with Crippen LogP contribution in [0.15, 0.2) is 18.2 Å². The van der Waals surface area contributed by atoms with Crippen molar-refractivity contribution in [1.82, 2.24) is 0 Å². The lowest BCUT2D eigenvalue weighted by Gasteiger charge is -2.34. The second-order valence-corrected chi connectivity index (χ2v) is 4.65. The second-order valence-electron chi connectivity index (χ2n) is 4.65. The summed E-state index contributed by atoms with van der Waals surface area (Å²) in [6.07, 6.45) is 5.28. The van der Waals surface area contributed by atoms with E-state index in [2.05, 4.69) is 0 Å². The summed E-state index contributed by atoms with van der Waals surface area (Å²) >= 11 is 0. The van der Waals surface area contributed by atoms with Crippen LogP contribution in [0.3, 0.4) is 0 Å². The summed E-state index contributed by atoms with van der Waals surface area (Å²) in [6, 6.07) is 5.54. The summed E-state index contributed by atoms with van der Waals surface area (Å²) in [5, 5.41) is 0. The van der Waals surface area contributed by atoms with Crippen LogP contribution in [0.25, 0.3) is 0 Å². The summed E-state index contributed by atoms with van der Waals surface area (Å²) in [6.45, 7) is 1.80. The van der Waals surface area contributed by atoms with E-state index < -0.39 is 5.54 Å². The molecule has 1 aromatic carbocycles. The van der Waals surface area contributed by atoms with Crippen molar-refractivity contribution in [3.05, 3.63) is 35.1 Å². The van der Waals surface area contributed by atoms with E-state index in [9.17, 15) is 4.39 Å². The van der Waals surface area contributed by atoms with Gasteiger partial charge in [0, 0.05) is 11.1 Å². The maximum absolute atomic E-state index is 14.0. The number of nitrogens with two attached hydrogens (primary N) is 1. The zero-order valence-corrected chi connectivity index (χ0v) is 9.22. The molecule has 1 nitrogen and oxygen atoms in total. The Hall–Kier alpha value is -0.890. The topological polar surface area (TPSA) is 26.0 Å². The zero-order chi connectivity index (χ0) is 10.9.